The van der Waals surface area contributed by atoms with E-state index in [9.17, 15) is 0 Å². The van der Waals surface area contributed by atoms with E-state index in [1.165, 1.54) is 10.1 Å². The highest BCUT2D eigenvalue weighted by Crippen LogP contribution is 2.32. The normalized spacial score (nSPS) is 10.8. The van der Waals surface area contributed by atoms with Crippen LogP contribution < -0.4 is 0 Å². The van der Waals surface area contributed by atoms with Gasteiger partial charge in [-0.15, -0.1) is 11.3 Å². The van der Waals surface area contributed by atoms with Crippen LogP contribution in [-0.2, 0) is 0 Å². The lowest BCUT2D eigenvalue weighted by atomic mass is 10.2. The van der Waals surface area contributed by atoms with Gasteiger partial charge in [-0.1, -0.05) is 37.4 Å². The molecular weight excluding hydrogens is 228 g/mol. The number of hydrogen-bond acceptors (Lipinski definition) is 3. The number of rotatable bonds is 2. The minimum atomic E-state index is 0.649. The summed E-state index contributed by atoms with van der Waals surface area (Å²) in [6, 6.07) is 8.25. The van der Waals surface area contributed by atoms with E-state index in [1.54, 1.807) is 17.4 Å². The Morgan fingerprint density at radius 1 is 1.24 bits per heavy atom. The van der Waals surface area contributed by atoms with Crippen LogP contribution >= 0.6 is 11.3 Å². The van der Waals surface area contributed by atoms with Crippen LogP contribution in [0.3, 0.4) is 0 Å². The molecule has 0 radical (unpaired) electrons. The molecule has 0 bridgehead atoms. The van der Waals surface area contributed by atoms with Crippen LogP contribution in [0.4, 0.5) is 0 Å². The van der Waals surface area contributed by atoms with Gasteiger partial charge in [0.15, 0.2) is 5.82 Å². The van der Waals surface area contributed by atoms with Crippen LogP contribution in [0.1, 0.15) is 5.82 Å². The molecule has 17 heavy (non-hydrogen) atoms. The fourth-order valence-corrected chi connectivity index (χ4v) is 2.77. The molecule has 0 aliphatic carbocycles. The molecule has 2 heterocycles. The summed E-state index contributed by atoms with van der Waals surface area (Å²) in [6.07, 6.45) is 3.53. The standard InChI is InChI=1S/C14H10N2S/c1-3-9(2)14-15-8-12-13(16-14)10-6-4-5-7-11(10)17-12/h3-8H,1-2H2. The molecule has 82 valence electrons. The van der Waals surface area contributed by atoms with Gasteiger partial charge in [0.1, 0.15) is 0 Å². The van der Waals surface area contributed by atoms with Gasteiger partial charge in [-0.3, -0.25) is 0 Å². The molecule has 0 N–H and O–H groups in total. The lowest BCUT2D eigenvalue weighted by Gasteiger charge is -1.98. The second-order valence-corrected chi connectivity index (χ2v) is 4.82. The van der Waals surface area contributed by atoms with Crippen molar-refractivity contribution in [1.29, 1.82) is 0 Å². The maximum Gasteiger partial charge on any atom is 0.159 e. The Kier molecular flexibility index (Phi) is 2.27. The fourth-order valence-electron chi connectivity index (χ4n) is 1.75. The topological polar surface area (TPSA) is 25.8 Å². The van der Waals surface area contributed by atoms with Gasteiger partial charge in [0.2, 0.25) is 0 Å². The molecule has 2 nitrogen and oxygen atoms in total. The first-order valence-electron chi connectivity index (χ1n) is 5.25. The van der Waals surface area contributed by atoms with Gasteiger partial charge in [0.25, 0.3) is 0 Å². The van der Waals surface area contributed by atoms with Gasteiger partial charge in [0.05, 0.1) is 10.2 Å². The van der Waals surface area contributed by atoms with E-state index >= 15 is 0 Å². The Morgan fingerprint density at radius 3 is 2.88 bits per heavy atom. The summed E-state index contributed by atoms with van der Waals surface area (Å²) >= 11 is 1.71. The highest BCUT2D eigenvalue weighted by Gasteiger charge is 2.08. The zero-order chi connectivity index (χ0) is 11.8. The highest BCUT2D eigenvalue weighted by molar-refractivity contribution is 7.25. The third-order valence-electron chi connectivity index (χ3n) is 2.65. The minimum absolute atomic E-state index is 0.649. The van der Waals surface area contributed by atoms with Crippen LogP contribution in [0.2, 0.25) is 0 Å². The van der Waals surface area contributed by atoms with Crippen molar-refractivity contribution in [3.8, 4) is 0 Å². The van der Waals surface area contributed by atoms with Crippen LogP contribution in [0.5, 0.6) is 0 Å². The predicted molar refractivity (Wildman–Crippen MR) is 74.2 cm³/mol. The lowest BCUT2D eigenvalue weighted by Crippen LogP contribution is -1.90. The molecule has 1 aromatic carbocycles. The summed E-state index contributed by atoms with van der Waals surface area (Å²) in [5, 5.41) is 1.17. The highest BCUT2D eigenvalue weighted by atomic mass is 32.1. The Labute approximate surface area is 103 Å². The third-order valence-corrected chi connectivity index (χ3v) is 3.75. The van der Waals surface area contributed by atoms with E-state index in [0.29, 0.717) is 5.82 Å². The van der Waals surface area contributed by atoms with E-state index in [2.05, 4.69) is 35.3 Å². The van der Waals surface area contributed by atoms with E-state index in [0.717, 1.165) is 15.8 Å². The second-order valence-electron chi connectivity index (χ2n) is 3.73. The number of fused-ring (bicyclic) bond motifs is 3. The summed E-state index contributed by atoms with van der Waals surface area (Å²) in [5.74, 6) is 0.649. The first kappa shape index (κ1) is 10.2. The molecule has 0 fully saturated rings. The number of nitrogens with zero attached hydrogens (tertiary/aromatic N) is 2. The van der Waals surface area contributed by atoms with Crippen LogP contribution in [-0.4, -0.2) is 9.97 Å². The van der Waals surface area contributed by atoms with Crippen LogP contribution in [0.25, 0.3) is 25.9 Å². The second kappa shape index (κ2) is 3.79. The molecule has 0 aliphatic heterocycles. The minimum Gasteiger partial charge on any atom is -0.235 e. The van der Waals surface area contributed by atoms with Crippen LogP contribution in [0.15, 0.2) is 49.7 Å². The SMILES string of the molecule is C=CC(=C)c1ncc2sc3ccccc3c2n1. The first-order valence-corrected chi connectivity index (χ1v) is 6.07. The number of hydrogen-bond donors (Lipinski definition) is 0. The summed E-state index contributed by atoms with van der Waals surface area (Å²) in [5.41, 5.74) is 1.75. The number of aromatic nitrogens is 2. The molecule has 0 atom stereocenters. The zero-order valence-electron chi connectivity index (χ0n) is 9.18. The summed E-state index contributed by atoms with van der Waals surface area (Å²) in [7, 11) is 0. The van der Waals surface area contributed by atoms with Crippen molar-refractivity contribution < 1.29 is 0 Å². The molecule has 0 unspecified atom stereocenters. The van der Waals surface area contributed by atoms with Crippen molar-refractivity contribution in [3.63, 3.8) is 0 Å². The van der Waals surface area contributed by atoms with Crippen molar-refractivity contribution in [2.75, 3.05) is 0 Å². The quantitative estimate of drug-likeness (QED) is 0.629. The molecule has 0 aliphatic rings. The summed E-state index contributed by atoms with van der Waals surface area (Å²) in [4.78, 5) is 8.86. The molecule has 3 aromatic rings. The van der Waals surface area contributed by atoms with Crippen LogP contribution in [0, 0.1) is 0 Å². The van der Waals surface area contributed by atoms with Gasteiger partial charge in [-0.2, -0.15) is 0 Å². The van der Waals surface area contributed by atoms with Crippen molar-refractivity contribution >= 4 is 37.2 Å². The molecule has 0 saturated heterocycles. The Morgan fingerprint density at radius 2 is 2.06 bits per heavy atom. The number of thiophene rings is 1. The van der Waals surface area contributed by atoms with E-state index < -0.39 is 0 Å². The average Bonchev–Trinajstić information content (AvgIpc) is 2.75. The molecule has 0 saturated carbocycles. The molecule has 0 spiro atoms. The molecule has 3 rings (SSSR count). The average molecular weight is 238 g/mol. The summed E-state index contributed by atoms with van der Waals surface area (Å²) in [6.45, 7) is 7.57. The molecule has 0 amide bonds. The van der Waals surface area contributed by atoms with Crippen molar-refractivity contribution in [1.82, 2.24) is 9.97 Å². The zero-order valence-corrected chi connectivity index (χ0v) is 10.00. The monoisotopic (exact) mass is 238 g/mol. The lowest BCUT2D eigenvalue weighted by molar-refractivity contribution is 1.18. The van der Waals surface area contributed by atoms with Crippen molar-refractivity contribution in [3.05, 3.63) is 55.5 Å². The van der Waals surface area contributed by atoms with Gasteiger partial charge in [0, 0.05) is 21.9 Å². The van der Waals surface area contributed by atoms with E-state index in [-0.39, 0.29) is 0 Å². The van der Waals surface area contributed by atoms with Gasteiger partial charge < -0.3 is 0 Å². The predicted octanol–water partition coefficient (Wildman–Crippen LogP) is 4.04. The summed E-state index contributed by atoms with van der Waals surface area (Å²) < 4.78 is 2.34. The maximum atomic E-state index is 4.56. The van der Waals surface area contributed by atoms with Gasteiger partial charge >= 0.3 is 0 Å². The Balaban J connectivity index is 2.37. The van der Waals surface area contributed by atoms with Crippen molar-refractivity contribution in [2.45, 2.75) is 0 Å². The number of allylic oxidation sites excluding steroid dienone is 2. The molecule has 3 heteroatoms. The van der Waals surface area contributed by atoms with Crippen molar-refractivity contribution in [2.24, 2.45) is 0 Å². The van der Waals surface area contributed by atoms with Gasteiger partial charge in [-0.05, 0) is 6.07 Å². The van der Waals surface area contributed by atoms with Gasteiger partial charge in [-0.25, -0.2) is 9.97 Å². The number of benzene rings is 1. The molecular formula is C14H10N2S. The molecule has 2 aromatic heterocycles. The Hall–Kier alpha value is -2.00. The maximum absolute atomic E-state index is 4.56. The third kappa shape index (κ3) is 1.56. The smallest absolute Gasteiger partial charge is 0.159 e. The van der Waals surface area contributed by atoms with E-state index in [1.807, 2.05) is 18.3 Å². The fraction of sp³-hybridized carbons (Fsp3) is 0. The first-order chi connectivity index (χ1) is 8.29. The Bertz CT molecular complexity index is 740. The largest absolute Gasteiger partial charge is 0.235 e. The van der Waals surface area contributed by atoms with E-state index in [4.69, 9.17) is 0 Å².